The number of rotatable bonds is 4. The zero-order chi connectivity index (χ0) is 13.9. The minimum absolute atomic E-state index is 0.0526. The summed E-state index contributed by atoms with van der Waals surface area (Å²) in [5.41, 5.74) is 1.81. The van der Waals surface area contributed by atoms with Gasteiger partial charge < -0.3 is 10.6 Å². The summed E-state index contributed by atoms with van der Waals surface area (Å²) in [6.45, 7) is 0.543. The smallest absolute Gasteiger partial charge is 0.384 e. The van der Waals surface area contributed by atoms with Crippen LogP contribution in [0.5, 0.6) is 0 Å². The van der Waals surface area contributed by atoms with Crippen molar-refractivity contribution < 1.29 is 18.0 Å². The van der Waals surface area contributed by atoms with Crippen molar-refractivity contribution in [2.45, 2.75) is 24.9 Å². The van der Waals surface area contributed by atoms with E-state index in [1.165, 1.54) is 0 Å². The molecule has 0 aliphatic carbocycles. The van der Waals surface area contributed by atoms with Crippen molar-refractivity contribution in [3.8, 4) is 0 Å². The van der Waals surface area contributed by atoms with Crippen molar-refractivity contribution >= 4 is 11.6 Å². The average Bonchev–Trinajstić information content (AvgIpc) is 2.77. The van der Waals surface area contributed by atoms with Gasteiger partial charge in [-0.05, 0) is 18.1 Å². The lowest BCUT2D eigenvalue weighted by atomic mass is 10.0. The number of fused-ring (bicyclic) bond motifs is 1. The zero-order valence-corrected chi connectivity index (χ0v) is 10.3. The van der Waals surface area contributed by atoms with Crippen LogP contribution in [0.25, 0.3) is 0 Å². The monoisotopic (exact) mass is 272 g/mol. The Balaban J connectivity index is 1.82. The number of hydrogen-bond acceptors (Lipinski definition) is 2. The van der Waals surface area contributed by atoms with E-state index in [1.807, 2.05) is 24.3 Å². The number of carbonyl (C=O) groups excluding carboxylic acids is 1. The molecule has 1 aromatic carbocycles. The van der Waals surface area contributed by atoms with Crippen LogP contribution in [0.3, 0.4) is 0 Å². The van der Waals surface area contributed by atoms with E-state index < -0.39 is 12.6 Å². The van der Waals surface area contributed by atoms with Gasteiger partial charge in [-0.15, -0.1) is 0 Å². The van der Waals surface area contributed by atoms with E-state index in [-0.39, 0.29) is 24.8 Å². The van der Waals surface area contributed by atoms with E-state index in [1.54, 1.807) is 0 Å². The van der Waals surface area contributed by atoms with Crippen LogP contribution in [0.1, 0.15) is 24.3 Å². The lowest BCUT2D eigenvalue weighted by Crippen LogP contribution is -2.31. The molecule has 1 aromatic rings. The lowest BCUT2D eigenvalue weighted by molar-refractivity contribution is -0.136. The first-order valence-corrected chi connectivity index (χ1v) is 6.14. The van der Waals surface area contributed by atoms with Gasteiger partial charge in [0.15, 0.2) is 0 Å². The molecule has 0 fully saturated rings. The van der Waals surface area contributed by atoms with Gasteiger partial charge in [0.25, 0.3) is 0 Å². The molecule has 0 spiro atoms. The summed E-state index contributed by atoms with van der Waals surface area (Å²) in [5, 5.41) is 5.66. The van der Waals surface area contributed by atoms with Crippen LogP contribution >= 0.6 is 0 Å². The normalized spacial score (nSPS) is 17.7. The van der Waals surface area contributed by atoms with Crippen molar-refractivity contribution in [1.29, 1.82) is 0 Å². The first-order valence-electron chi connectivity index (χ1n) is 6.14. The molecule has 3 nitrogen and oxygen atoms in total. The van der Waals surface area contributed by atoms with Crippen molar-refractivity contribution in [3.63, 3.8) is 0 Å². The number of amides is 1. The van der Waals surface area contributed by atoms with E-state index in [2.05, 4.69) is 10.6 Å². The summed E-state index contributed by atoms with van der Waals surface area (Å²) >= 11 is 0. The Morgan fingerprint density at radius 3 is 2.84 bits per heavy atom. The first kappa shape index (κ1) is 13.7. The highest BCUT2D eigenvalue weighted by atomic mass is 19.4. The number of alkyl halides is 3. The Kier molecular flexibility index (Phi) is 3.97. The molecule has 1 aliphatic heterocycles. The van der Waals surface area contributed by atoms with Crippen LogP contribution in [0.15, 0.2) is 24.3 Å². The van der Waals surface area contributed by atoms with Crippen molar-refractivity contribution in [2.24, 2.45) is 0 Å². The Labute approximate surface area is 109 Å². The summed E-state index contributed by atoms with van der Waals surface area (Å²) in [5.74, 6) is -0.540. The van der Waals surface area contributed by atoms with Crippen LogP contribution in [0.4, 0.5) is 18.9 Å². The molecule has 19 heavy (non-hydrogen) atoms. The molecule has 1 unspecified atom stereocenters. The number of nitrogens with one attached hydrogen (secondary N) is 2. The molecular formula is C13H15F3N2O. The summed E-state index contributed by atoms with van der Waals surface area (Å²) in [4.78, 5) is 11.9. The summed E-state index contributed by atoms with van der Waals surface area (Å²) in [7, 11) is 0. The van der Waals surface area contributed by atoms with E-state index in [4.69, 9.17) is 0 Å². The van der Waals surface area contributed by atoms with Gasteiger partial charge in [0.05, 0.1) is 5.92 Å². The highest BCUT2D eigenvalue weighted by molar-refractivity contribution is 5.88. The number of halogens is 3. The number of anilines is 1. The van der Waals surface area contributed by atoms with Gasteiger partial charge in [0, 0.05) is 25.2 Å². The minimum atomic E-state index is -4.16. The fourth-order valence-corrected chi connectivity index (χ4v) is 2.14. The second kappa shape index (κ2) is 5.50. The highest BCUT2D eigenvalue weighted by Gasteiger charge is 2.29. The van der Waals surface area contributed by atoms with Gasteiger partial charge >= 0.3 is 6.18 Å². The quantitative estimate of drug-likeness (QED) is 0.827. The van der Waals surface area contributed by atoms with Crippen molar-refractivity contribution in [3.05, 3.63) is 29.8 Å². The molecule has 0 saturated heterocycles. The Morgan fingerprint density at radius 2 is 2.11 bits per heavy atom. The molecule has 0 bridgehead atoms. The molecular weight excluding hydrogens is 257 g/mol. The lowest BCUT2D eigenvalue weighted by Gasteiger charge is -2.11. The second-order valence-electron chi connectivity index (χ2n) is 4.53. The fourth-order valence-electron chi connectivity index (χ4n) is 2.14. The van der Waals surface area contributed by atoms with E-state index >= 15 is 0 Å². The van der Waals surface area contributed by atoms with Crippen LogP contribution in [0.2, 0.25) is 0 Å². The molecule has 2 rings (SSSR count). The Bertz CT molecular complexity index is 459. The maximum absolute atomic E-state index is 12.0. The van der Waals surface area contributed by atoms with E-state index in [0.717, 1.165) is 11.3 Å². The SMILES string of the molecule is O=C(NCCCC(F)(F)F)C1CNc2ccccc21. The first-order chi connectivity index (χ1) is 8.97. The molecule has 1 amide bonds. The molecule has 1 heterocycles. The summed E-state index contributed by atoms with van der Waals surface area (Å²) in [6, 6.07) is 7.45. The fraction of sp³-hybridized carbons (Fsp3) is 0.462. The topological polar surface area (TPSA) is 41.1 Å². The van der Waals surface area contributed by atoms with Crippen molar-refractivity contribution in [2.75, 3.05) is 18.4 Å². The largest absolute Gasteiger partial charge is 0.389 e. The van der Waals surface area contributed by atoms with Crippen LogP contribution in [-0.2, 0) is 4.79 Å². The predicted octanol–water partition coefficient (Wildman–Crippen LogP) is 2.65. The number of carbonyl (C=O) groups is 1. The van der Waals surface area contributed by atoms with Gasteiger partial charge in [-0.2, -0.15) is 13.2 Å². The molecule has 0 saturated carbocycles. The zero-order valence-electron chi connectivity index (χ0n) is 10.3. The van der Waals surface area contributed by atoms with Crippen LogP contribution < -0.4 is 10.6 Å². The molecule has 1 aliphatic rings. The predicted molar refractivity (Wildman–Crippen MR) is 66.0 cm³/mol. The minimum Gasteiger partial charge on any atom is -0.384 e. The molecule has 2 N–H and O–H groups in total. The Hall–Kier alpha value is -1.72. The molecule has 1 atom stereocenters. The van der Waals surface area contributed by atoms with Gasteiger partial charge in [0.1, 0.15) is 0 Å². The van der Waals surface area contributed by atoms with Gasteiger partial charge in [-0.1, -0.05) is 18.2 Å². The van der Waals surface area contributed by atoms with Crippen LogP contribution in [-0.4, -0.2) is 25.2 Å². The van der Waals surface area contributed by atoms with Gasteiger partial charge in [0.2, 0.25) is 5.91 Å². The van der Waals surface area contributed by atoms with Gasteiger partial charge in [-0.25, -0.2) is 0 Å². The number of benzene rings is 1. The Morgan fingerprint density at radius 1 is 1.37 bits per heavy atom. The average molecular weight is 272 g/mol. The summed E-state index contributed by atoms with van der Waals surface area (Å²) in [6.07, 6.45) is -5.12. The van der Waals surface area contributed by atoms with E-state index in [9.17, 15) is 18.0 Å². The molecule has 104 valence electrons. The highest BCUT2D eigenvalue weighted by Crippen LogP contribution is 2.31. The summed E-state index contributed by atoms with van der Waals surface area (Å²) < 4.78 is 35.9. The second-order valence-corrected chi connectivity index (χ2v) is 4.53. The molecule has 0 radical (unpaired) electrons. The van der Waals surface area contributed by atoms with Crippen LogP contribution in [0, 0.1) is 0 Å². The standard InChI is InChI=1S/C13H15F3N2O/c14-13(15,16)6-3-7-17-12(19)10-8-18-11-5-2-1-4-9(10)11/h1-2,4-5,10,18H,3,6-8H2,(H,17,19). The van der Waals surface area contributed by atoms with E-state index in [0.29, 0.717) is 6.54 Å². The van der Waals surface area contributed by atoms with Gasteiger partial charge in [-0.3, -0.25) is 4.79 Å². The van der Waals surface area contributed by atoms with Crippen molar-refractivity contribution in [1.82, 2.24) is 5.32 Å². The maximum Gasteiger partial charge on any atom is 0.389 e. The maximum atomic E-state index is 12.0. The number of para-hydroxylation sites is 1. The molecule has 6 heteroatoms. The third-order valence-electron chi connectivity index (χ3n) is 3.09. The third-order valence-corrected chi connectivity index (χ3v) is 3.09. The molecule has 0 aromatic heterocycles. The number of hydrogen-bond donors (Lipinski definition) is 2. The third kappa shape index (κ3) is 3.62.